The smallest absolute Gasteiger partial charge is 0.405 e. The van der Waals surface area contributed by atoms with E-state index in [0.29, 0.717) is 26.2 Å². The summed E-state index contributed by atoms with van der Waals surface area (Å²) in [6.07, 6.45) is -4.27. The van der Waals surface area contributed by atoms with Crippen molar-refractivity contribution in [2.24, 2.45) is 5.73 Å². The van der Waals surface area contributed by atoms with Crippen molar-refractivity contribution in [2.75, 3.05) is 44.7 Å². The number of halogens is 3. The first-order valence-corrected chi connectivity index (χ1v) is 6.85. The fourth-order valence-corrected chi connectivity index (χ4v) is 2.57. The lowest BCUT2D eigenvalue weighted by Gasteiger charge is -2.40. The molecule has 4 nitrogen and oxygen atoms in total. The third-order valence-electron chi connectivity index (χ3n) is 3.79. The normalized spacial score (nSPS) is 18.6. The molecule has 0 radical (unpaired) electrons. The maximum Gasteiger partial charge on any atom is 0.405 e. The van der Waals surface area contributed by atoms with Crippen LogP contribution in [-0.4, -0.2) is 57.0 Å². The van der Waals surface area contributed by atoms with Gasteiger partial charge in [0.2, 0.25) is 0 Å². The number of rotatable bonds is 4. The number of methoxy groups -OCH3 is 1. The zero-order chi connectivity index (χ0) is 15.5. The average molecular weight is 303 g/mol. The molecule has 1 heterocycles. The molecule has 0 saturated carbocycles. The van der Waals surface area contributed by atoms with E-state index in [1.54, 1.807) is 7.11 Å². The van der Waals surface area contributed by atoms with Gasteiger partial charge >= 0.3 is 6.18 Å². The second kappa shape index (κ2) is 6.53. The zero-order valence-corrected chi connectivity index (χ0v) is 11.9. The van der Waals surface area contributed by atoms with Crippen LogP contribution in [0.5, 0.6) is 5.75 Å². The zero-order valence-electron chi connectivity index (χ0n) is 11.9. The van der Waals surface area contributed by atoms with Crippen LogP contribution in [0.15, 0.2) is 24.3 Å². The summed E-state index contributed by atoms with van der Waals surface area (Å²) in [5.41, 5.74) is 6.27. The van der Waals surface area contributed by atoms with Crippen LogP contribution in [0.3, 0.4) is 0 Å². The van der Waals surface area contributed by atoms with Crippen molar-refractivity contribution < 1.29 is 17.9 Å². The minimum absolute atomic E-state index is 0.355. The van der Waals surface area contributed by atoms with E-state index in [9.17, 15) is 13.2 Å². The van der Waals surface area contributed by atoms with Crippen molar-refractivity contribution in [3.63, 3.8) is 0 Å². The van der Waals surface area contributed by atoms with Crippen LogP contribution < -0.4 is 15.4 Å². The Kier molecular flexibility index (Phi) is 4.95. The van der Waals surface area contributed by atoms with Crippen molar-refractivity contribution >= 4 is 5.69 Å². The minimum atomic E-state index is -4.27. The summed E-state index contributed by atoms with van der Waals surface area (Å²) in [7, 11) is 1.60. The Labute approximate surface area is 122 Å². The maximum atomic E-state index is 12.9. The molecule has 1 atom stereocenters. The first-order valence-electron chi connectivity index (χ1n) is 6.85. The van der Waals surface area contributed by atoms with Gasteiger partial charge in [-0.2, -0.15) is 13.2 Å². The highest BCUT2D eigenvalue weighted by Crippen LogP contribution is 2.26. The molecule has 1 aliphatic heterocycles. The molecule has 2 rings (SSSR count). The molecule has 0 spiro atoms. The van der Waals surface area contributed by atoms with Gasteiger partial charge in [0.25, 0.3) is 0 Å². The number of nitrogens with zero attached hydrogens (tertiary/aromatic N) is 2. The lowest BCUT2D eigenvalue weighted by molar-refractivity contribution is -0.181. The van der Waals surface area contributed by atoms with Crippen molar-refractivity contribution in [1.29, 1.82) is 0 Å². The van der Waals surface area contributed by atoms with Gasteiger partial charge in [-0.05, 0) is 24.3 Å². The molecule has 0 aromatic heterocycles. The molecule has 0 aliphatic carbocycles. The number of ether oxygens (including phenoxy) is 1. The second-order valence-corrected chi connectivity index (χ2v) is 5.01. The topological polar surface area (TPSA) is 41.7 Å². The maximum absolute atomic E-state index is 12.9. The van der Waals surface area contributed by atoms with E-state index in [4.69, 9.17) is 10.5 Å². The standard InChI is InChI=1S/C14H20F3N3O/c1-21-12-4-2-11(3-5-12)19-6-8-20(9-7-19)13(10-18)14(15,16)17/h2-5,13H,6-10,18H2,1H3. The van der Waals surface area contributed by atoms with E-state index in [-0.39, 0.29) is 0 Å². The van der Waals surface area contributed by atoms with E-state index >= 15 is 0 Å². The van der Waals surface area contributed by atoms with Gasteiger partial charge in [-0.15, -0.1) is 0 Å². The van der Waals surface area contributed by atoms with Gasteiger partial charge in [-0.25, -0.2) is 0 Å². The third-order valence-corrected chi connectivity index (χ3v) is 3.79. The predicted octanol–water partition coefficient (Wildman–Crippen LogP) is 1.71. The van der Waals surface area contributed by atoms with Crippen LogP contribution in [0.4, 0.5) is 18.9 Å². The van der Waals surface area contributed by atoms with Gasteiger partial charge in [0, 0.05) is 38.4 Å². The van der Waals surface area contributed by atoms with Crippen molar-refractivity contribution in [1.82, 2.24) is 4.90 Å². The molecule has 7 heteroatoms. The van der Waals surface area contributed by atoms with Crippen LogP contribution in [0.25, 0.3) is 0 Å². The van der Waals surface area contributed by atoms with Crippen molar-refractivity contribution in [2.45, 2.75) is 12.2 Å². The summed E-state index contributed by atoms with van der Waals surface area (Å²) in [6.45, 7) is 1.42. The number of hydrogen-bond acceptors (Lipinski definition) is 4. The molecule has 1 saturated heterocycles. The lowest BCUT2D eigenvalue weighted by Crippen LogP contribution is -2.57. The SMILES string of the molecule is COc1ccc(N2CCN(C(CN)C(F)(F)F)CC2)cc1. The number of anilines is 1. The quantitative estimate of drug-likeness (QED) is 0.919. The molecule has 1 aromatic rings. The van der Waals surface area contributed by atoms with E-state index in [2.05, 4.69) is 4.90 Å². The Morgan fingerprint density at radius 1 is 1.14 bits per heavy atom. The van der Waals surface area contributed by atoms with E-state index < -0.39 is 18.8 Å². The summed E-state index contributed by atoms with van der Waals surface area (Å²) in [6, 6.07) is 5.98. The van der Waals surface area contributed by atoms with Crippen molar-refractivity contribution in [3.8, 4) is 5.75 Å². The van der Waals surface area contributed by atoms with E-state index in [0.717, 1.165) is 11.4 Å². The number of hydrogen-bond donors (Lipinski definition) is 1. The fourth-order valence-electron chi connectivity index (χ4n) is 2.57. The van der Waals surface area contributed by atoms with Crippen molar-refractivity contribution in [3.05, 3.63) is 24.3 Å². The first kappa shape index (κ1) is 15.9. The molecule has 1 fully saturated rings. The summed E-state index contributed by atoms with van der Waals surface area (Å²) < 4.78 is 43.7. The Morgan fingerprint density at radius 2 is 1.71 bits per heavy atom. The Morgan fingerprint density at radius 3 is 2.14 bits per heavy atom. The molecule has 1 aliphatic rings. The second-order valence-electron chi connectivity index (χ2n) is 5.01. The highest BCUT2D eigenvalue weighted by Gasteiger charge is 2.43. The molecule has 21 heavy (non-hydrogen) atoms. The Bertz CT molecular complexity index is 442. The van der Waals surface area contributed by atoms with Gasteiger partial charge in [-0.1, -0.05) is 0 Å². The lowest BCUT2D eigenvalue weighted by atomic mass is 10.2. The van der Waals surface area contributed by atoms with Gasteiger partial charge in [-0.3, -0.25) is 4.90 Å². The Balaban J connectivity index is 1.96. The minimum Gasteiger partial charge on any atom is -0.497 e. The van der Waals surface area contributed by atoms with Gasteiger partial charge < -0.3 is 15.4 Å². The third kappa shape index (κ3) is 3.79. The van der Waals surface area contributed by atoms with Gasteiger partial charge in [0.1, 0.15) is 11.8 Å². The van der Waals surface area contributed by atoms with Crippen LogP contribution in [0.2, 0.25) is 0 Å². The monoisotopic (exact) mass is 303 g/mol. The Hall–Kier alpha value is -1.47. The van der Waals surface area contributed by atoms with E-state index in [1.165, 1.54) is 4.90 Å². The molecule has 0 bridgehead atoms. The summed E-state index contributed by atoms with van der Waals surface area (Å²) >= 11 is 0. The van der Waals surface area contributed by atoms with Crippen LogP contribution in [0.1, 0.15) is 0 Å². The van der Waals surface area contributed by atoms with Gasteiger partial charge in [0.15, 0.2) is 0 Å². The fraction of sp³-hybridized carbons (Fsp3) is 0.571. The molecular formula is C14H20F3N3O. The van der Waals surface area contributed by atoms with Gasteiger partial charge in [0.05, 0.1) is 7.11 Å². The largest absolute Gasteiger partial charge is 0.497 e. The summed E-state index contributed by atoms with van der Waals surface area (Å²) in [5, 5.41) is 0. The molecule has 0 amide bonds. The molecular weight excluding hydrogens is 283 g/mol. The predicted molar refractivity (Wildman–Crippen MR) is 75.7 cm³/mol. The molecule has 1 aromatic carbocycles. The first-order chi connectivity index (χ1) is 9.95. The summed E-state index contributed by atoms with van der Waals surface area (Å²) in [5.74, 6) is 0.762. The van der Waals surface area contributed by atoms with Crippen LogP contribution >= 0.6 is 0 Å². The number of alkyl halides is 3. The molecule has 118 valence electrons. The average Bonchev–Trinajstić information content (AvgIpc) is 2.47. The number of piperazine rings is 1. The summed E-state index contributed by atoms with van der Waals surface area (Å²) in [4.78, 5) is 3.49. The molecule has 2 N–H and O–H groups in total. The van der Waals surface area contributed by atoms with Crippen LogP contribution in [-0.2, 0) is 0 Å². The number of benzene rings is 1. The highest BCUT2D eigenvalue weighted by atomic mass is 19.4. The number of nitrogens with two attached hydrogens (primary N) is 1. The van der Waals surface area contributed by atoms with E-state index in [1.807, 2.05) is 24.3 Å². The molecule has 1 unspecified atom stereocenters. The highest BCUT2D eigenvalue weighted by molar-refractivity contribution is 5.49. The van der Waals surface area contributed by atoms with Crippen LogP contribution in [0, 0.1) is 0 Å².